The van der Waals surface area contributed by atoms with Crippen LogP contribution >= 0.6 is 11.6 Å². The maximum atomic E-state index is 6.04. The molecule has 0 bridgehead atoms. The average molecular weight is 268 g/mol. The molecule has 18 heavy (non-hydrogen) atoms. The zero-order chi connectivity index (χ0) is 13.0. The molecule has 2 unspecified atom stereocenters. The monoisotopic (exact) mass is 267 g/mol. The van der Waals surface area contributed by atoms with Crippen molar-refractivity contribution < 1.29 is 4.74 Å². The number of benzene rings is 1. The van der Waals surface area contributed by atoms with Gasteiger partial charge in [-0.05, 0) is 56.8 Å². The highest BCUT2D eigenvalue weighted by Crippen LogP contribution is 2.36. The Hall–Kier alpha value is -0.570. The molecular formula is C15H22ClNO. The highest BCUT2D eigenvalue weighted by atomic mass is 35.5. The largest absolute Gasteiger partial charge is 0.377 e. The molecule has 1 aromatic carbocycles. The van der Waals surface area contributed by atoms with Crippen LogP contribution < -0.4 is 5.32 Å². The Kier molecular flexibility index (Phi) is 5.04. The molecule has 1 fully saturated rings. The van der Waals surface area contributed by atoms with Crippen molar-refractivity contribution in [1.29, 1.82) is 0 Å². The van der Waals surface area contributed by atoms with Crippen molar-refractivity contribution >= 4 is 11.6 Å². The van der Waals surface area contributed by atoms with Crippen molar-refractivity contribution in [1.82, 2.24) is 5.32 Å². The number of nitrogens with one attached hydrogen (secondary N) is 1. The van der Waals surface area contributed by atoms with Crippen molar-refractivity contribution in [3.63, 3.8) is 0 Å². The Morgan fingerprint density at radius 3 is 2.78 bits per heavy atom. The lowest BCUT2D eigenvalue weighted by Gasteiger charge is -2.27. The Morgan fingerprint density at radius 2 is 2.22 bits per heavy atom. The highest BCUT2D eigenvalue weighted by Gasteiger charge is 2.36. The number of halogens is 1. The second-order valence-corrected chi connectivity index (χ2v) is 5.42. The van der Waals surface area contributed by atoms with Crippen molar-refractivity contribution in [3.05, 3.63) is 34.9 Å². The summed E-state index contributed by atoms with van der Waals surface area (Å²) in [7, 11) is 2.02. The summed E-state index contributed by atoms with van der Waals surface area (Å²) in [6.45, 7) is 2.86. The van der Waals surface area contributed by atoms with Crippen LogP contribution in [0.5, 0.6) is 0 Å². The van der Waals surface area contributed by atoms with Crippen LogP contribution in [-0.2, 0) is 11.2 Å². The van der Waals surface area contributed by atoms with Crippen LogP contribution in [0.1, 0.15) is 25.3 Å². The van der Waals surface area contributed by atoms with Crippen molar-refractivity contribution in [3.8, 4) is 0 Å². The zero-order valence-corrected chi connectivity index (χ0v) is 11.9. The van der Waals surface area contributed by atoms with Gasteiger partial charge in [-0.15, -0.1) is 0 Å². The standard InChI is InChI=1S/C15H22ClNO/c1-3-18-15(12-7-8-12)14(17-2)10-11-5-4-6-13(16)9-11/h4-6,9,12,14-15,17H,3,7-8,10H2,1-2H3. The first-order valence-corrected chi connectivity index (χ1v) is 7.15. The van der Waals surface area contributed by atoms with Gasteiger partial charge in [0.2, 0.25) is 0 Å². The summed E-state index contributed by atoms with van der Waals surface area (Å²) in [6, 6.07) is 8.47. The lowest BCUT2D eigenvalue weighted by molar-refractivity contribution is 0.0211. The minimum absolute atomic E-state index is 0.332. The smallest absolute Gasteiger partial charge is 0.0759 e. The third kappa shape index (κ3) is 3.71. The van der Waals surface area contributed by atoms with Crippen LogP contribution in [0.15, 0.2) is 24.3 Å². The maximum absolute atomic E-state index is 6.04. The molecule has 0 amide bonds. The summed E-state index contributed by atoms with van der Waals surface area (Å²) in [6.07, 6.45) is 3.91. The molecule has 1 aliphatic carbocycles. The molecule has 1 aromatic rings. The van der Waals surface area contributed by atoms with Crippen LogP contribution in [0.25, 0.3) is 0 Å². The highest BCUT2D eigenvalue weighted by molar-refractivity contribution is 6.30. The van der Waals surface area contributed by atoms with Gasteiger partial charge in [-0.2, -0.15) is 0 Å². The van der Waals surface area contributed by atoms with Gasteiger partial charge in [0.1, 0.15) is 0 Å². The molecule has 0 radical (unpaired) electrons. The van der Waals surface area contributed by atoms with E-state index in [0.29, 0.717) is 12.1 Å². The van der Waals surface area contributed by atoms with Gasteiger partial charge in [0.05, 0.1) is 6.10 Å². The van der Waals surface area contributed by atoms with E-state index >= 15 is 0 Å². The van der Waals surface area contributed by atoms with E-state index in [1.807, 2.05) is 25.2 Å². The lowest BCUT2D eigenvalue weighted by Crippen LogP contribution is -2.42. The molecule has 0 spiro atoms. The van der Waals surface area contributed by atoms with Gasteiger partial charge in [-0.1, -0.05) is 23.7 Å². The van der Waals surface area contributed by atoms with Crippen LogP contribution in [0.4, 0.5) is 0 Å². The molecule has 2 nitrogen and oxygen atoms in total. The SMILES string of the molecule is CCOC(C1CC1)C(Cc1cccc(Cl)c1)NC. The number of ether oxygens (including phenoxy) is 1. The fourth-order valence-corrected chi connectivity index (χ4v) is 2.71. The summed E-state index contributed by atoms with van der Waals surface area (Å²) in [5.74, 6) is 0.738. The van der Waals surface area contributed by atoms with Gasteiger partial charge in [0.15, 0.2) is 0 Å². The molecule has 0 aromatic heterocycles. The number of likely N-dealkylation sites (N-methyl/N-ethyl adjacent to an activating group) is 1. The van der Waals surface area contributed by atoms with E-state index in [9.17, 15) is 0 Å². The summed E-state index contributed by atoms with van der Waals surface area (Å²) in [4.78, 5) is 0. The average Bonchev–Trinajstić information content (AvgIpc) is 3.18. The third-order valence-electron chi connectivity index (χ3n) is 3.56. The number of hydrogen-bond donors (Lipinski definition) is 1. The van der Waals surface area contributed by atoms with Gasteiger partial charge in [0.25, 0.3) is 0 Å². The topological polar surface area (TPSA) is 21.3 Å². The molecule has 3 heteroatoms. The normalized spacial score (nSPS) is 18.6. The van der Waals surface area contributed by atoms with Crippen molar-refractivity contribution in [2.75, 3.05) is 13.7 Å². The van der Waals surface area contributed by atoms with E-state index in [4.69, 9.17) is 16.3 Å². The Morgan fingerprint density at radius 1 is 1.44 bits per heavy atom. The number of rotatable bonds is 7. The molecule has 0 heterocycles. The maximum Gasteiger partial charge on any atom is 0.0759 e. The van der Waals surface area contributed by atoms with Gasteiger partial charge in [-0.3, -0.25) is 0 Å². The fraction of sp³-hybridized carbons (Fsp3) is 0.600. The third-order valence-corrected chi connectivity index (χ3v) is 3.79. The predicted octanol–water partition coefficient (Wildman–Crippen LogP) is 3.29. The number of hydrogen-bond acceptors (Lipinski definition) is 2. The molecular weight excluding hydrogens is 246 g/mol. The van der Waals surface area contributed by atoms with Crippen LogP contribution in [0, 0.1) is 5.92 Å². The van der Waals surface area contributed by atoms with Gasteiger partial charge in [-0.25, -0.2) is 0 Å². The minimum atomic E-state index is 0.332. The molecule has 2 atom stereocenters. The Bertz CT molecular complexity index is 379. The molecule has 100 valence electrons. The molecule has 1 saturated carbocycles. The first kappa shape index (κ1) is 13.9. The van der Waals surface area contributed by atoms with E-state index in [0.717, 1.165) is 24.0 Å². The first-order chi connectivity index (χ1) is 8.74. The Balaban J connectivity index is 2.03. The summed E-state index contributed by atoms with van der Waals surface area (Å²) < 4.78 is 5.93. The van der Waals surface area contributed by atoms with Crippen LogP contribution in [-0.4, -0.2) is 25.8 Å². The van der Waals surface area contributed by atoms with E-state index in [1.54, 1.807) is 0 Å². The van der Waals surface area contributed by atoms with E-state index in [-0.39, 0.29) is 0 Å². The molecule has 1 N–H and O–H groups in total. The molecule has 1 aliphatic rings. The summed E-state index contributed by atoms with van der Waals surface area (Å²) in [5.41, 5.74) is 1.27. The lowest BCUT2D eigenvalue weighted by atomic mass is 9.98. The van der Waals surface area contributed by atoms with Crippen LogP contribution in [0.2, 0.25) is 5.02 Å². The minimum Gasteiger partial charge on any atom is -0.377 e. The van der Waals surface area contributed by atoms with Crippen molar-refractivity contribution in [2.24, 2.45) is 5.92 Å². The molecule has 0 aliphatic heterocycles. The quantitative estimate of drug-likeness (QED) is 0.819. The van der Waals surface area contributed by atoms with Gasteiger partial charge < -0.3 is 10.1 Å². The predicted molar refractivity (Wildman–Crippen MR) is 76.1 cm³/mol. The van der Waals surface area contributed by atoms with E-state index in [2.05, 4.69) is 18.3 Å². The molecule has 0 saturated heterocycles. The van der Waals surface area contributed by atoms with Crippen molar-refractivity contribution in [2.45, 2.75) is 38.3 Å². The van der Waals surface area contributed by atoms with Crippen LogP contribution in [0.3, 0.4) is 0 Å². The first-order valence-electron chi connectivity index (χ1n) is 6.78. The van der Waals surface area contributed by atoms with Gasteiger partial charge in [0, 0.05) is 17.7 Å². The second-order valence-electron chi connectivity index (χ2n) is 4.99. The summed E-state index contributed by atoms with van der Waals surface area (Å²) >= 11 is 6.04. The van der Waals surface area contributed by atoms with Gasteiger partial charge >= 0.3 is 0 Å². The second kappa shape index (κ2) is 6.55. The molecule has 2 rings (SSSR count). The Labute approximate surface area is 115 Å². The summed E-state index contributed by atoms with van der Waals surface area (Å²) in [5, 5.41) is 4.22. The fourth-order valence-electron chi connectivity index (χ4n) is 2.50. The van der Waals surface area contributed by atoms with E-state index in [1.165, 1.54) is 18.4 Å². The van der Waals surface area contributed by atoms with E-state index < -0.39 is 0 Å². The zero-order valence-electron chi connectivity index (χ0n) is 11.2.